The van der Waals surface area contributed by atoms with Crippen molar-refractivity contribution in [1.82, 2.24) is 5.32 Å². The molecule has 0 aromatic rings. The number of esters is 1. The minimum Gasteiger partial charge on any atom is -0.454 e. The van der Waals surface area contributed by atoms with Crippen LogP contribution in [0.3, 0.4) is 0 Å². The van der Waals surface area contributed by atoms with E-state index in [9.17, 15) is 35.1 Å². The molecule has 1 aliphatic heterocycles. The molecule has 1 amide bonds. The number of ether oxygens (including phenoxy) is 3. The lowest BCUT2D eigenvalue weighted by atomic mass is 9.99. The molecule has 8 atom stereocenters. The summed E-state index contributed by atoms with van der Waals surface area (Å²) in [7, 11) is 0. The fourth-order valence-corrected chi connectivity index (χ4v) is 11.4. The van der Waals surface area contributed by atoms with E-state index in [0.717, 1.165) is 103 Å². The van der Waals surface area contributed by atoms with Gasteiger partial charge in [0.25, 0.3) is 0 Å². The first-order valence-electron chi connectivity index (χ1n) is 37.4. The quantitative estimate of drug-likeness (QED) is 0.0195. The van der Waals surface area contributed by atoms with E-state index < -0.39 is 67.4 Å². The number of amides is 1. The maximum Gasteiger partial charge on any atom is 0.306 e. The number of aliphatic hydroxyl groups excluding tert-OH is 5. The van der Waals surface area contributed by atoms with Crippen LogP contribution in [-0.4, -0.2) is 99.6 Å². The van der Waals surface area contributed by atoms with E-state index >= 15 is 0 Å². The highest BCUT2D eigenvalue weighted by atomic mass is 16.7. The number of hydrogen-bond acceptors (Lipinski definition) is 10. The summed E-state index contributed by atoms with van der Waals surface area (Å²) in [6.45, 7) is 5.71. The van der Waals surface area contributed by atoms with Gasteiger partial charge in [0.05, 0.1) is 25.4 Å². The van der Waals surface area contributed by atoms with Gasteiger partial charge in [0, 0.05) is 6.42 Å². The van der Waals surface area contributed by atoms with Gasteiger partial charge in [0.15, 0.2) is 12.4 Å². The third-order valence-electron chi connectivity index (χ3n) is 17.3. The Kier molecular flexibility index (Phi) is 61.2. The topological polar surface area (TPSA) is 175 Å². The predicted molar refractivity (Wildman–Crippen MR) is 375 cm³/mol. The summed E-state index contributed by atoms with van der Waals surface area (Å²) in [4.78, 5) is 26.7. The molecule has 1 aliphatic rings. The fourth-order valence-electron chi connectivity index (χ4n) is 11.4. The van der Waals surface area contributed by atoms with Crippen LogP contribution >= 0.6 is 0 Å². The van der Waals surface area contributed by atoms with Crippen LogP contribution in [0.4, 0.5) is 0 Å². The van der Waals surface area contributed by atoms with Crippen molar-refractivity contribution in [3.63, 3.8) is 0 Å². The highest BCUT2D eigenvalue weighted by Crippen LogP contribution is 2.26. The van der Waals surface area contributed by atoms with Gasteiger partial charge < -0.3 is 45.1 Å². The van der Waals surface area contributed by atoms with Gasteiger partial charge in [-0.05, 0) is 96.3 Å². The molecule has 89 heavy (non-hydrogen) atoms. The first-order valence-corrected chi connectivity index (χ1v) is 37.4. The molecule has 0 aliphatic carbocycles. The fraction of sp³-hybridized carbons (Fsp3) is 0.795. The maximum atomic E-state index is 13.5. The standard InChI is InChI=1S/C78H139NO10/c1-4-7-10-13-16-19-22-25-27-29-31-33-34-35-36-37-39-40-42-44-47-50-53-56-59-62-65-71(82)77(86)79-69(70(81)64-61-58-55-52-49-46-24-21-18-15-12-9-6-3)68-87-78-76(75(85)74(84)72(67-80)88-78)89-73(83)66-63-60-57-54-51-48-45-43-41-38-32-30-28-26-23-20-17-14-11-8-5-2/h8,11,17,20,25-28,32,38,43,45,61,64,69-72,74-76,78,80-82,84-85H,4-7,9-10,12-16,18-19,21-24,29-31,33-37,39-42,44,46-60,62-63,65-68H2,1-3H3,(H,79,86)/b11-8-,20-17-,27-25+,28-26-,38-32-,45-43-,64-61+. The van der Waals surface area contributed by atoms with E-state index in [1.165, 1.54) is 186 Å². The van der Waals surface area contributed by atoms with Crippen LogP contribution in [0.1, 0.15) is 335 Å². The number of hydrogen-bond donors (Lipinski definition) is 6. The number of aliphatic hydroxyl groups is 5. The van der Waals surface area contributed by atoms with Crippen LogP contribution in [-0.2, 0) is 23.8 Å². The van der Waals surface area contributed by atoms with E-state index in [1.807, 2.05) is 6.08 Å². The molecule has 1 saturated heterocycles. The van der Waals surface area contributed by atoms with E-state index in [-0.39, 0.29) is 19.4 Å². The zero-order valence-electron chi connectivity index (χ0n) is 57.5. The second-order valence-electron chi connectivity index (χ2n) is 25.6. The molecule has 11 heteroatoms. The van der Waals surface area contributed by atoms with Crippen molar-refractivity contribution in [3.8, 4) is 0 Å². The Balaban J connectivity index is 2.56. The van der Waals surface area contributed by atoms with Gasteiger partial charge in [0.2, 0.25) is 5.91 Å². The number of rotatable bonds is 64. The number of unbranched alkanes of at least 4 members (excludes halogenated alkanes) is 38. The summed E-state index contributed by atoms with van der Waals surface area (Å²) in [5.41, 5.74) is 0. The monoisotopic (exact) mass is 1250 g/mol. The predicted octanol–water partition coefficient (Wildman–Crippen LogP) is 19.6. The molecular formula is C78H139NO10. The van der Waals surface area contributed by atoms with Crippen molar-refractivity contribution in [2.45, 2.75) is 384 Å². The molecule has 0 aromatic carbocycles. The molecule has 8 unspecified atom stereocenters. The van der Waals surface area contributed by atoms with Crippen molar-refractivity contribution in [2.75, 3.05) is 13.2 Å². The van der Waals surface area contributed by atoms with E-state index in [1.54, 1.807) is 6.08 Å². The van der Waals surface area contributed by atoms with Gasteiger partial charge in [-0.2, -0.15) is 0 Å². The molecule has 0 aromatic heterocycles. The van der Waals surface area contributed by atoms with Gasteiger partial charge in [0.1, 0.15) is 24.4 Å². The average Bonchev–Trinajstić information content (AvgIpc) is 2.24. The summed E-state index contributed by atoms with van der Waals surface area (Å²) in [6.07, 6.45) is 76.3. The molecule has 516 valence electrons. The van der Waals surface area contributed by atoms with Crippen LogP contribution in [0.25, 0.3) is 0 Å². The van der Waals surface area contributed by atoms with Crippen molar-refractivity contribution >= 4 is 11.9 Å². The summed E-state index contributed by atoms with van der Waals surface area (Å²) in [6, 6.07) is -1.03. The van der Waals surface area contributed by atoms with Crippen LogP contribution in [0.2, 0.25) is 0 Å². The highest BCUT2D eigenvalue weighted by Gasteiger charge is 2.47. The summed E-state index contributed by atoms with van der Waals surface area (Å²) in [5.74, 6) is -1.21. The molecule has 1 heterocycles. The number of carbonyl (C=O) groups is 2. The molecule has 1 rings (SSSR count). The Morgan fingerprint density at radius 1 is 0.449 bits per heavy atom. The number of nitrogens with one attached hydrogen (secondary N) is 1. The number of carbonyl (C=O) groups excluding carboxylic acids is 2. The van der Waals surface area contributed by atoms with E-state index in [2.05, 4.69) is 99.0 Å². The Labute approximate surface area is 546 Å². The summed E-state index contributed by atoms with van der Waals surface area (Å²) < 4.78 is 17.7. The van der Waals surface area contributed by atoms with Crippen LogP contribution < -0.4 is 5.32 Å². The van der Waals surface area contributed by atoms with Crippen LogP contribution in [0, 0.1) is 0 Å². The average molecular weight is 1250 g/mol. The first-order chi connectivity index (χ1) is 43.7. The van der Waals surface area contributed by atoms with Gasteiger partial charge >= 0.3 is 5.97 Å². The second kappa shape index (κ2) is 64.9. The van der Waals surface area contributed by atoms with E-state index in [0.29, 0.717) is 12.8 Å². The lowest BCUT2D eigenvalue weighted by Crippen LogP contribution is -2.61. The molecule has 0 saturated carbocycles. The molecule has 0 bridgehead atoms. The van der Waals surface area contributed by atoms with Crippen LogP contribution in [0.15, 0.2) is 85.1 Å². The second-order valence-corrected chi connectivity index (χ2v) is 25.6. The minimum absolute atomic E-state index is 0.0992. The molecule has 11 nitrogen and oxygen atoms in total. The molecule has 1 fully saturated rings. The SMILES string of the molecule is CC/C=C\C/C=C\C/C=C\C/C=C\C/C=C\CCCCCCCC(=O)OC1C(OCC(NC(=O)C(O)CCCCCCCCCCCCCCCCCC/C=C/CCCCCCCC)C(O)/C=C/CCCCCCCCCCCCC)OC(CO)C(O)C1O. The summed E-state index contributed by atoms with van der Waals surface area (Å²) >= 11 is 0. The zero-order valence-corrected chi connectivity index (χ0v) is 57.5. The summed E-state index contributed by atoms with van der Waals surface area (Å²) in [5, 5.41) is 57.3. The van der Waals surface area contributed by atoms with Gasteiger partial charge in [-0.1, -0.05) is 318 Å². The van der Waals surface area contributed by atoms with Crippen molar-refractivity contribution < 1.29 is 49.3 Å². The molecule has 0 spiro atoms. The largest absolute Gasteiger partial charge is 0.454 e. The Morgan fingerprint density at radius 3 is 1.22 bits per heavy atom. The lowest BCUT2D eigenvalue weighted by molar-refractivity contribution is -0.305. The third kappa shape index (κ3) is 52.0. The van der Waals surface area contributed by atoms with E-state index in [4.69, 9.17) is 14.2 Å². The van der Waals surface area contributed by atoms with Crippen LogP contribution in [0.5, 0.6) is 0 Å². The Bertz CT molecular complexity index is 1780. The molecular weight excluding hydrogens is 1110 g/mol. The normalized spacial score (nSPS) is 18.6. The smallest absolute Gasteiger partial charge is 0.306 e. The molecule has 0 radical (unpaired) electrons. The maximum absolute atomic E-state index is 13.5. The van der Waals surface area contributed by atoms with Crippen molar-refractivity contribution in [3.05, 3.63) is 85.1 Å². The first kappa shape index (κ1) is 83.9. The minimum atomic E-state index is -1.63. The van der Waals surface area contributed by atoms with Gasteiger partial charge in [-0.25, -0.2) is 0 Å². The lowest BCUT2D eigenvalue weighted by Gasteiger charge is -2.41. The third-order valence-corrected chi connectivity index (χ3v) is 17.3. The van der Waals surface area contributed by atoms with Crippen molar-refractivity contribution in [2.24, 2.45) is 0 Å². The Morgan fingerprint density at radius 2 is 0.809 bits per heavy atom. The van der Waals surface area contributed by atoms with Gasteiger partial charge in [-0.15, -0.1) is 0 Å². The Hall–Kier alpha value is -3.16. The molecule has 6 N–H and O–H groups in total. The number of allylic oxidation sites excluding steroid dienone is 13. The highest BCUT2D eigenvalue weighted by molar-refractivity contribution is 5.80. The van der Waals surface area contributed by atoms with Gasteiger partial charge in [-0.3, -0.25) is 9.59 Å². The van der Waals surface area contributed by atoms with Crippen molar-refractivity contribution in [1.29, 1.82) is 0 Å². The zero-order chi connectivity index (χ0) is 64.6.